The van der Waals surface area contributed by atoms with Crippen LogP contribution < -0.4 is 10.3 Å². The average Bonchev–Trinajstić information content (AvgIpc) is 3.22. The SMILES string of the molecule is C=CC(=O)CCCCc1ccc(-c2csc3c(=O)cc(N4CCOCC4)oc23)cc1. The molecule has 0 spiro atoms. The Hall–Kier alpha value is -2.70. The Labute approximate surface area is 179 Å². The molecule has 156 valence electrons. The third-order valence-electron chi connectivity index (χ3n) is 5.38. The van der Waals surface area contributed by atoms with Crippen LogP contribution in [0.15, 0.2) is 57.6 Å². The molecule has 1 aromatic carbocycles. The van der Waals surface area contributed by atoms with Crippen LogP contribution in [0, 0.1) is 0 Å². The second kappa shape index (κ2) is 9.41. The van der Waals surface area contributed by atoms with Gasteiger partial charge in [0, 0.05) is 36.5 Å². The molecule has 0 radical (unpaired) electrons. The van der Waals surface area contributed by atoms with E-state index in [0.717, 1.165) is 43.5 Å². The Morgan fingerprint density at radius 1 is 1.17 bits per heavy atom. The highest BCUT2D eigenvalue weighted by Crippen LogP contribution is 2.34. The topological polar surface area (TPSA) is 59.8 Å². The average molecular weight is 424 g/mol. The fourth-order valence-electron chi connectivity index (χ4n) is 3.65. The first-order chi connectivity index (χ1) is 14.7. The van der Waals surface area contributed by atoms with Gasteiger partial charge in [-0.25, -0.2) is 0 Å². The summed E-state index contributed by atoms with van der Waals surface area (Å²) in [6.45, 7) is 6.23. The molecule has 0 unspecified atom stereocenters. The van der Waals surface area contributed by atoms with Crippen LogP contribution in [0.25, 0.3) is 21.4 Å². The molecule has 5 nitrogen and oxygen atoms in total. The van der Waals surface area contributed by atoms with Gasteiger partial charge in [0.25, 0.3) is 0 Å². The van der Waals surface area contributed by atoms with Crippen LogP contribution in [-0.2, 0) is 16.0 Å². The molecule has 3 heterocycles. The summed E-state index contributed by atoms with van der Waals surface area (Å²) in [5, 5.41) is 1.99. The lowest BCUT2D eigenvalue weighted by molar-refractivity contribution is -0.114. The molecular formula is C24H25NO4S. The van der Waals surface area contributed by atoms with Gasteiger partial charge in [-0.2, -0.15) is 0 Å². The van der Waals surface area contributed by atoms with E-state index in [1.807, 2.05) is 5.38 Å². The molecule has 0 saturated carbocycles. The minimum absolute atomic E-state index is 0.000293. The largest absolute Gasteiger partial charge is 0.439 e. The standard InChI is InChI=1S/C24H25NO4S/c1-2-19(26)6-4-3-5-17-7-9-18(10-8-17)20-16-30-24-21(27)15-22(29-23(20)24)25-11-13-28-14-12-25/h2,7-10,15-16H,1,3-6,11-14H2. The maximum absolute atomic E-state index is 12.6. The molecule has 6 heteroatoms. The van der Waals surface area contributed by atoms with Crippen molar-refractivity contribution in [2.75, 3.05) is 31.2 Å². The number of thiophene rings is 1. The number of morpholine rings is 1. The summed E-state index contributed by atoms with van der Waals surface area (Å²) in [7, 11) is 0. The molecule has 4 rings (SSSR count). The second-order valence-electron chi connectivity index (χ2n) is 7.43. The highest BCUT2D eigenvalue weighted by atomic mass is 32.1. The Balaban J connectivity index is 1.52. The molecule has 1 saturated heterocycles. The van der Waals surface area contributed by atoms with E-state index in [4.69, 9.17) is 9.15 Å². The number of hydrogen-bond acceptors (Lipinski definition) is 6. The lowest BCUT2D eigenvalue weighted by atomic mass is 10.0. The van der Waals surface area contributed by atoms with Crippen molar-refractivity contribution in [2.24, 2.45) is 0 Å². The van der Waals surface area contributed by atoms with E-state index < -0.39 is 0 Å². The quantitative estimate of drug-likeness (QED) is 0.384. The molecule has 2 aromatic heterocycles. The van der Waals surface area contributed by atoms with Crippen molar-refractivity contribution in [1.82, 2.24) is 0 Å². The van der Waals surface area contributed by atoms with Crippen LogP contribution in [0.2, 0.25) is 0 Å². The molecule has 1 fully saturated rings. The van der Waals surface area contributed by atoms with Crippen molar-refractivity contribution in [3.05, 3.63) is 64.2 Å². The summed E-state index contributed by atoms with van der Waals surface area (Å²) < 4.78 is 12.2. The molecule has 0 amide bonds. The number of unbranched alkanes of at least 4 members (excludes halogenated alkanes) is 1. The minimum atomic E-state index is -0.000293. The van der Waals surface area contributed by atoms with E-state index >= 15 is 0 Å². The van der Waals surface area contributed by atoms with Gasteiger partial charge in [-0.05, 0) is 36.5 Å². The number of ketones is 1. The molecule has 0 bridgehead atoms. The van der Waals surface area contributed by atoms with E-state index in [-0.39, 0.29) is 11.2 Å². The highest BCUT2D eigenvalue weighted by Gasteiger charge is 2.18. The number of ether oxygens (including phenoxy) is 1. The number of anilines is 1. The van der Waals surface area contributed by atoms with Crippen molar-refractivity contribution < 1.29 is 13.9 Å². The monoisotopic (exact) mass is 423 g/mol. The van der Waals surface area contributed by atoms with Crippen LogP contribution >= 0.6 is 11.3 Å². The molecule has 0 atom stereocenters. The fourth-order valence-corrected chi connectivity index (χ4v) is 4.56. The van der Waals surface area contributed by atoms with Crippen LogP contribution in [-0.4, -0.2) is 32.1 Å². The lowest BCUT2D eigenvalue weighted by Gasteiger charge is -2.27. The molecule has 0 aliphatic carbocycles. The Morgan fingerprint density at radius 3 is 2.67 bits per heavy atom. The number of allylic oxidation sites excluding steroid dienone is 1. The van der Waals surface area contributed by atoms with Crippen molar-refractivity contribution in [2.45, 2.75) is 25.7 Å². The third-order valence-corrected chi connectivity index (χ3v) is 6.36. The molecule has 3 aromatic rings. The molecule has 1 aliphatic heterocycles. The van der Waals surface area contributed by atoms with E-state index in [9.17, 15) is 9.59 Å². The van der Waals surface area contributed by atoms with E-state index in [0.29, 0.717) is 35.8 Å². The van der Waals surface area contributed by atoms with Crippen molar-refractivity contribution in [3.8, 4) is 11.1 Å². The summed E-state index contributed by atoms with van der Waals surface area (Å²) in [6, 6.07) is 9.96. The van der Waals surface area contributed by atoms with Crippen molar-refractivity contribution in [3.63, 3.8) is 0 Å². The number of carbonyl (C=O) groups is 1. The summed E-state index contributed by atoms with van der Waals surface area (Å²) in [4.78, 5) is 26.0. The van der Waals surface area contributed by atoms with Gasteiger partial charge in [0.1, 0.15) is 4.70 Å². The predicted octanol–water partition coefficient (Wildman–Crippen LogP) is 4.83. The van der Waals surface area contributed by atoms with Gasteiger partial charge in [0.15, 0.2) is 17.3 Å². The van der Waals surface area contributed by atoms with Gasteiger partial charge in [-0.1, -0.05) is 30.8 Å². The lowest BCUT2D eigenvalue weighted by Crippen LogP contribution is -2.36. The van der Waals surface area contributed by atoms with Gasteiger partial charge in [0.05, 0.1) is 13.2 Å². The van der Waals surface area contributed by atoms with Gasteiger partial charge >= 0.3 is 0 Å². The normalized spacial score (nSPS) is 14.2. The van der Waals surface area contributed by atoms with E-state index in [1.54, 1.807) is 6.07 Å². The number of hydrogen-bond donors (Lipinski definition) is 0. The fraction of sp³-hybridized carbons (Fsp3) is 0.333. The first-order valence-corrected chi connectivity index (χ1v) is 11.2. The van der Waals surface area contributed by atoms with Gasteiger partial charge < -0.3 is 14.1 Å². The number of benzene rings is 1. The minimum Gasteiger partial charge on any atom is -0.439 e. The second-order valence-corrected chi connectivity index (χ2v) is 8.31. The maximum Gasteiger partial charge on any atom is 0.204 e. The number of rotatable bonds is 8. The summed E-state index contributed by atoms with van der Waals surface area (Å²) in [6.07, 6.45) is 4.73. The summed E-state index contributed by atoms with van der Waals surface area (Å²) in [5.74, 6) is 0.716. The van der Waals surface area contributed by atoms with E-state index in [2.05, 4.69) is 35.7 Å². The van der Waals surface area contributed by atoms with Crippen LogP contribution in [0.4, 0.5) is 5.88 Å². The number of fused-ring (bicyclic) bond motifs is 1. The molecule has 0 N–H and O–H groups in total. The maximum atomic E-state index is 12.6. The van der Waals surface area contributed by atoms with E-state index in [1.165, 1.54) is 23.0 Å². The van der Waals surface area contributed by atoms with Crippen LogP contribution in [0.5, 0.6) is 0 Å². The zero-order chi connectivity index (χ0) is 20.9. The zero-order valence-electron chi connectivity index (χ0n) is 16.9. The molecule has 30 heavy (non-hydrogen) atoms. The third kappa shape index (κ3) is 4.55. The number of carbonyl (C=O) groups excluding carboxylic acids is 1. The van der Waals surface area contributed by atoms with Crippen molar-refractivity contribution in [1.29, 1.82) is 0 Å². The first kappa shape index (κ1) is 20.6. The van der Waals surface area contributed by atoms with Gasteiger partial charge in [-0.15, -0.1) is 11.3 Å². The van der Waals surface area contributed by atoms with Gasteiger partial charge in [-0.3, -0.25) is 9.59 Å². The van der Waals surface area contributed by atoms with Crippen molar-refractivity contribution >= 4 is 33.3 Å². The zero-order valence-corrected chi connectivity index (χ0v) is 17.7. The Morgan fingerprint density at radius 2 is 1.93 bits per heavy atom. The summed E-state index contributed by atoms with van der Waals surface area (Å²) in [5.41, 5.74) is 3.88. The first-order valence-electron chi connectivity index (χ1n) is 10.3. The molecule has 1 aliphatic rings. The number of aryl methyl sites for hydroxylation is 1. The van der Waals surface area contributed by atoms with Crippen LogP contribution in [0.1, 0.15) is 24.8 Å². The Kier molecular flexibility index (Phi) is 6.45. The smallest absolute Gasteiger partial charge is 0.204 e. The summed E-state index contributed by atoms with van der Waals surface area (Å²) >= 11 is 1.43. The Bertz CT molecular complexity index is 1090. The predicted molar refractivity (Wildman–Crippen MR) is 122 cm³/mol. The number of nitrogens with zero attached hydrogens (tertiary/aromatic N) is 1. The molecular weight excluding hydrogens is 398 g/mol. The van der Waals surface area contributed by atoms with Crippen LogP contribution in [0.3, 0.4) is 0 Å². The van der Waals surface area contributed by atoms with Gasteiger partial charge in [0.2, 0.25) is 5.43 Å². The highest BCUT2D eigenvalue weighted by molar-refractivity contribution is 7.17.